The molecule has 0 fully saturated rings. The van der Waals surface area contributed by atoms with Crippen LogP contribution in [0.1, 0.15) is 11.3 Å². The summed E-state index contributed by atoms with van der Waals surface area (Å²) in [6.07, 6.45) is 4.04. The maximum absolute atomic E-state index is 11.6. The van der Waals surface area contributed by atoms with Gasteiger partial charge in [-0.1, -0.05) is 12.2 Å². The fourth-order valence-corrected chi connectivity index (χ4v) is 1.81. The summed E-state index contributed by atoms with van der Waals surface area (Å²) in [5, 5.41) is 2.77. The zero-order valence-electron chi connectivity index (χ0n) is 11.3. The maximum atomic E-state index is 11.6. The third-order valence-electron chi connectivity index (χ3n) is 2.78. The topological polar surface area (TPSA) is 93.0 Å². The molecule has 0 radical (unpaired) electrons. The number of aromatic nitrogens is 2. The summed E-state index contributed by atoms with van der Waals surface area (Å²) in [7, 11) is 0. The van der Waals surface area contributed by atoms with Gasteiger partial charge in [-0.3, -0.25) is 4.79 Å². The van der Waals surface area contributed by atoms with Crippen LogP contribution in [0.2, 0.25) is 0 Å². The number of carbonyl (C=O) groups excluding carboxylic acids is 1. The number of thiocarbonyl (C=S) groups is 1. The molecule has 21 heavy (non-hydrogen) atoms. The molecule has 0 unspecified atom stereocenters. The predicted molar refractivity (Wildman–Crippen MR) is 83.1 cm³/mol. The molecule has 0 bridgehead atoms. The number of hydrogen-bond donors (Lipinski definition) is 3. The van der Waals surface area contributed by atoms with E-state index in [1.54, 1.807) is 36.8 Å². The Morgan fingerprint density at radius 1 is 1.38 bits per heavy atom. The fourth-order valence-electron chi connectivity index (χ4n) is 1.67. The highest BCUT2D eigenvalue weighted by Gasteiger charge is 2.03. The van der Waals surface area contributed by atoms with E-state index in [0.717, 1.165) is 11.3 Å². The molecule has 0 aliphatic carbocycles. The van der Waals surface area contributed by atoms with Crippen LogP contribution in [0.5, 0.6) is 5.75 Å². The number of nitrogens with one attached hydrogen (secondary N) is 2. The Labute approximate surface area is 127 Å². The fraction of sp³-hybridized carbons (Fsp3) is 0.214. The zero-order valence-corrected chi connectivity index (χ0v) is 12.2. The lowest BCUT2D eigenvalue weighted by Crippen LogP contribution is -2.30. The van der Waals surface area contributed by atoms with Gasteiger partial charge in [0.05, 0.1) is 6.33 Å². The summed E-state index contributed by atoms with van der Waals surface area (Å²) in [4.78, 5) is 18.8. The second-order valence-electron chi connectivity index (χ2n) is 4.35. The molecule has 1 aromatic heterocycles. The first-order valence-electron chi connectivity index (χ1n) is 6.42. The number of aromatic amines is 1. The lowest BCUT2D eigenvalue weighted by molar-refractivity contribution is -0.123. The van der Waals surface area contributed by atoms with E-state index in [1.165, 1.54) is 0 Å². The zero-order chi connectivity index (χ0) is 15.1. The van der Waals surface area contributed by atoms with E-state index in [2.05, 4.69) is 15.3 Å². The molecular formula is C14H16N4O2S. The third-order valence-corrected chi connectivity index (χ3v) is 3.02. The second-order valence-corrected chi connectivity index (χ2v) is 4.79. The Kier molecular flexibility index (Phi) is 5.28. The van der Waals surface area contributed by atoms with Gasteiger partial charge in [-0.15, -0.1) is 0 Å². The minimum absolute atomic E-state index is 0.0323. The lowest BCUT2D eigenvalue weighted by Gasteiger charge is -2.07. The predicted octanol–water partition coefficient (Wildman–Crippen LogP) is 0.782. The number of hydrogen-bond acceptors (Lipinski definition) is 4. The van der Waals surface area contributed by atoms with Crippen molar-refractivity contribution in [1.29, 1.82) is 0 Å². The quantitative estimate of drug-likeness (QED) is 0.657. The van der Waals surface area contributed by atoms with E-state index >= 15 is 0 Å². The molecule has 2 aromatic rings. The molecule has 0 saturated carbocycles. The van der Waals surface area contributed by atoms with E-state index in [9.17, 15) is 4.79 Å². The number of benzene rings is 1. The number of imidazole rings is 1. The van der Waals surface area contributed by atoms with Crippen LogP contribution < -0.4 is 15.8 Å². The highest BCUT2D eigenvalue weighted by atomic mass is 32.1. The van der Waals surface area contributed by atoms with Gasteiger partial charge >= 0.3 is 0 Å². The summed E-state index contributed by atoms with van der Waals surface area (Å²) in [5.41, 5.74) is 7.24. The summed E-state index contributed by atoms with van der Waals surface area (Å²) in [6, 6.07) is 6.97. The van der Waals surface area contributed by atoms with Crippen molar-refractivity contribution in [1.82, 2.24) is 15.3 Å². The first-order chi connectivity index (χ1) is 10.1. The molecule has 0 aliphatic rings. The van der Waals surface area contributed by atoms with Gasteiger partial charge in [-0.05, 0) is 24.3 Å². The number of nitrogens with two attached hydrogens (primary N) is 1. The minimum Gasteiger partial charge on any atom is -0.484 e. The van der Waals surface area contributed by atoms with Crippen LogP contribution in [-0.4, -0.2) is 34.0 Å². The van der Waals surface area contributed by atoms with Gasteiger partial charge in [-0.25, -0.2) is 4.98 Å². The Hall–Kier alpha value is -2.41. The molecule has 1 amide bonds. The van der Waals surface area contributed by atoms with Crippen LogP contribution >= 0.6 is 12.2 Å². The average molecular weight is 304 g/mol. The van der Waals surface area contributed by atoms with Crippen molar-refractivity contribution in [3.63, 3.8) is 0 Å². The summed E-state index contributed by atoms with van der Waals surface area (Å²) < 4.78 is 5.37. The van der Waals surface area contributed by atoms with Crippen molar-refractivity contribution in [2.45, 2.75) is 6.42 Å². The van der Waals surface area contributed by atoms with Gasteiger partial charge in [0.2, 0.25) is 0 Å². The second kappa shape index (κ2) is 7.39. The standard InChI is InChI=1S/C14H16N4O2S/c15-14(21)10-1-3-12(4-2-10)20-8-13(19)17-6-5-11-7-16-9-18-11/h1-4,7,9H,5-6,8H2,(H2,15,21)(H,16,18)(H,17,19). The molecular weight excluding hydrogens is 288 g/mol. The van der Waals surface area contributed by atoms with Crippen LogP contribution in [0.15, 0.2) is 36.8 Å². The van der Waals surface area contributed by atoms with Crippen LogP contribution in [0.4, 0.5) is 0 Å². The number of H-pyrrole nitrogens is 1. The van der Waals surface area contributed by atoms with Crippen LogP contribution in [0, 0.1) is 0 Å². The molecule has 0 saturated heterocycles. The number of nitrogens with zero attached hydrogens (tertiary/aromatic N) is 1. The smallest absolute Gasteiger partial charge is 0.257 e. The molecule has 7 heteroatoms. The largest absolute Gasteiger partial charge is 0.484 e. The molecule has 1 heterocycles. The SMILES string of the molecule is NC(=S)c1ccc(OCC(=O)NCCc2cnc[nH]2)cc1. The molecule has 6 nitrogen and oxygen atoms in total. The van der Waals surface area contributed by atoms with Crippen LogP contribution in [-0.2, 0) is 11.2 Å². The third kappa shape index (κ3) is 4.88. The Balaban J connectivity index is 1.69. The number of ether oxygens (including phenoxy) is 1. The summed E-state index contributed by atoms with van der Waals surface area (Å²) in [6.45, 7) is 0.500. The van der Waals surface area contributed by atoms with Crippen LogP contribution in [0.25, 0.3) is 0 Å². The van der Waals surface area contributed by atoms with Crippen LogP contribution in [0.3, 0.4) is 0 Å². The molecule has 0 spiro atoms. The van der Waals surface area contributed by atoms with Gasteiger partial charge in [0.1, 0.15) is 10.7 Å². The van der Waals surface area contributed by atoms with E-state index in [1.807, 2.05) is 0 Å². The Bertz CT molecular complexity index is 596. The molecule has 0 atom stereocenters. The van der Waals surface area contributed by atoms with Crippen molar-refractivity contribution < 1.29 is 9.53 Å². The average Bonchev–Trinajstić information content (AvgIpc) is 2.99. The van der Waals surface area contributed by atoms with Crippen molar-refractivity contribution in [3.05, 3.63) is 48.0 Å². The van der Waals surface area contributed by atoms with Crippen molar-refractivity contribution in [2.75, 3.05) is 13.2 Å². The van der Waals surface area contributed by atoms with Gasteiger partial charge < -0.3 is 20.8 Å². The van der Waals surface area contributed by atoms with E-state index in [-0.39, 0.29) is 12.5 Å². The minimum atomic E-state index is -0.173. The first kappa shape index (κ1) is 15.0. The van der Waals surface area contributed by atoms with Gasteiger partial charge in [0, 0.05) is 30.4 Å². The van der Waals surface area contributed by atoms with Gasteiger partial charge in [-0.2, -0.15) is 0 Å². The summed E-state index contributed by atoms with van der Waals surface area (Å²) in [5.74, 6) is 0.423. The normalized spacial score (nSPS) is 10.1. The molecule has 110 valence electrons. The Morgan fingerprint density at radius 2 is 2.14 bits per heavy atom. The van der Waals surface area contributed by atoms with Gasteiger partial charge in [0.25, 0.3) is 5.91 Å². The number of rotatable bonds is 7. The maximum Gasteiger partial charge on any atom is 0.257 e. The summed E-state index contributed by atoms with van der Waals surface area (Å²) >= 11 is 4.86. The molecule has 1 aromatic carbocycles. The van der Waals surface area contributed by atoms with E-state index < -0.39 is 0 Å². The number of amides is 1. The lowest BCUT2D eigenvalue weighted by atomic mass is 10.2. The van der Waals surface area contributed by atoms with Crippen molar-refractivity contribution in [2.24, 2.45) is 5.73 Å². The van der Waals surface area contributed by atoms with E-state index in [4.69, 9.17) is 22.7 Å². The highest BCUT2D eigenvalue weighted by Crippen LogP contribution is 2.11. The monoisotopic (exact) mass is 304 g/mol. The molecule has 2 rings (SSSR count). The van der Waals surface area contributed by atoms with Crippen molar-refractivity contribution >= 4 is 23.1 Å². The van der Waals surface area contributed by atoms with Gasteiger partial charge in [0.15, 0.2) is 6.61 Å². The molecule has 4 N–H and O–H groups in total. The van der Waals surface area contributed by atoms with E-state index in [0.29, 0.717) is 23.7 Å². The van der Waals surface area contributed by atoms with Crippen molar-refractivity contribution in [3.8, 4) is 5.75 Å². The number of carbonyl (C=O) groups is 1. The Morgan fingerprint density at radius 3 is 2.76 bits per heavy atom. The highest BCUT2D eigenvalue weighted by molar-refractivity contribution is 7.80. The first-order valence-corrected chi connectivity index (χ1v) is 6.82. The molecule has 0 aliphatic heterocycles.